The van der Waals surface area contributed by atoms with Crippen molar-refractivity contribution in [3.05, 3.63) is 66.7 Å². The van der Waals surface area contributed by atoms with Crippen LogP contribution < -0.4 is 22.5 Å². The van der Waals surface area contributed by atoms with Gasteiger partial charge in [0.25, 0.3) is 11.2 Å². The minimum Gasteiger partial charge on any atom is -0.318 e. The Morgan fingerprint density at radius 1 is 1.43 bits per heavy atom. The summed E-state index contributed by atoms with van der Waals surface area (Å²) in [6.45, 7) is -0.0841. The van der Waals surface area contributed by atoms with E-state index in [-0.39, 0.29) is 17.9 Å². The van der Waals surface area contributed by atoms with E-state index in [0.29, 0.717) is 5.56 Å². The van der Waals surface area contributed by atoms with E-state index in [4.69, 9.17) is 5.84 Å². The first-order chi connectivity index (χ1) is 9.92. The molecule has 4 N–H and O–H groups in total. The van der Waals surface area contributed by atoms with E-state index in [9.17, 15) is 24.1 Å². The molecule has 9 nitrogen and oxygen atoms in total. The van der Waals surface area contributed by atoms with Crippen molar-refractivity contribution >= 4 is 11.4 Å². The number of nitro benzene ring substituents is 1. The van der Waals surface area contributed by atoms with Crippen LogP contribution in [-0.2, 0) is 6.54 Å². The number of benzene rings is 1. The molecule has 0 unspecified atom stereocenters. The number of hydrazine groups is 1. The molecule has 0 bridgehead atoms. The summed E-state index contributed by atoms with van der Waals surface area (Å²) in [5.41, 5.74) is 0.557. The van der Waals surface area contributed by atoms with Crippen molar-refractivity contribution in [1.29, 1.82) is 0 Å². The van der Waals surface area contributed by atoms with E-state index < -0.39 is 22.0 Å². The van der Waals surface area contributed by atoms with Crippen molar-refractivity contribution in [2.24, 2.45) is 5.84 Å². The summed E-state index contributed by atoms with van der Waals surface area (Å²) in [5, 5.41) is 10.8. The van der Waals surface area contributed by atoms with Crippen molar-refractivity contribution in [2.75, 3.05) is 5.43 Å². The normalized spacial score (nSPS) is 10.4. The smallest absolute Gasteiger partial charge is 0.318 e. The van der Waals surface area contributed by atoms with Crippen LogP contribution in [0.2, 0.25) is 0 Å². The van der Waals surface area contributed by atoms with Crippen LogP contribution in [0.15, 0.2) is 34.0 Å². The monoisotopic (exact) mass is 295 g/mol. The molecule has 0 aliphatic rings. The van der Waals surface area contributed by atoms with Gasteiger partial charge in [-0.25, -0.2) is 4.79 Å². The molecule has 110 valence electrons. The minimum atomic E-state index is -1.11. The molecule has 2 rings (SSSR count). The maximum absolute atomic E-state index is 13.2. The topological polar surface area (TPSA) is 136 Å². The number of halogens is 1. The molecule has 10 heteroatoms. The molecular weight excluding hydrogens is 285 g/mol. The van der Waals surface area contributed by atoms with Crippen LogP contribution in [0.25, 0.3) is 0 Å². The first-order valence-electron chi connectivity index (χ1n) is 5.65. The van der Waals surface area contributed by atoms with Crippen LogP contribution in [0.4, 0.5) is 15.8 Å². The summed E-state index contributed by atoms with van der Waals surface area (Å²) >= 11 is 0. The molecule has 1 aromatic heterocycles. The third kappa shape index (κ3) is 2.95. The zero-order chi connectivity index (χ0) is 15.6. The number of nitrogens with one attached hydrogen (secondary N) is 2. The van der Waals surface area contributed by atoms with Crippen LogP contribution in [-0.4, -0.2) is 14.5 Å². The van der Waals surface area contributed by atoms with E-state index in [1.807, 2.05) is 4.98 Å². The van der Waals surface area contributed by atoms with Gasteiger partial charge in [0.1, 0.15) is 5.69 Å². The molecule has 21 heavy (non-hydrogen) atoms. The fraction of sp³-hybridized carbons (Fsp3) is 0.0909. The van der Waals surface area contributed by atoms with Gasteiger partial charge in [0.15, 0.2) is 0 Å². The van der Waals surface area contributed by atoms with E-state index in [1.54, 1.807) is 0 Å². The third-order valence-corrected chi connectivity index (χ3v) is 2.73. The lowest BCUT2D eigenvalue weighted by molar-refractivity contribution is -0.384. The molecule has 2 aromatic rings. The second kappa shape index (κ2) is 5.54. The zero-order valence-electron chi connectivity index (χ0n) is 10.5. The van der Waals surface area contributed by atoms with E-state index in [0.717, 1.165) is 10.8 Å². The number of anilines is 1. The van der Waals surface area contributed by atoms with Gasteiger partial charge in [-0.3, -0.25) is 30.3 Å². The highest BCUT2D eigenvalue weighted by Gasteiger charge is 2.13. The van der Waals surface area contributed by atoms with Gasteiger partial charge in [-0.05, 0) is 11.6 Å². The summed E-state index contributed by atoms with van der Waals surface area (Å²) in [7, 11) is 0. The standard InChI is InChI=1S/C11H10FN5O4/c12-7-5-16(11(19)14-10(7)18)4-6-1-2-9(17(20)21)8(3-6)15-13/h1-3,5,15H,4,13H2,(H,14,18,19). The third-order valence-electron chi connectivity index (χ3n) is 2.73. The quantitative estimate of drug-likeness (QED) is 0.410. The van der Waals surface area contributed by atoms with E-state index in [2.05, 4.69) is 5.43 Å². The number of rotatable bonds is 4. The Labute approximate surface area is 116 Å². The molecule has 0 saturated carbocycles. The summed E-state index contributed by atoms with van der Waals surface area (Å²) in [6, 6.07) is 3.96. The first-order valence-corrected chi connectivity index (χ1v) is 5.65. The maximum Gasteiger partial charge on any atom is 0.328 e. The second-order valence-corrected chi connectivity index (χ2v) is 4.12. The number of nitrogens with two attached hydrogens (primary N) is 1. The predicted molar refractivity (Wildman–Crippen MR) is 71.3 cm³/mol. The highest BCUT2D eigenvalue weighted by atomic mass is 19.1. The van der Waals surface area contributed by atoms with Gasteiger partial charge in [-0.2, -0.15) is 4.39 Å². The Morgan fingerprint density at radius 3 is 2.76 bits per heavy atom. The molecular formula is C11H10FN5O4. The van der Waals surface area contributed by atoms with Crippen molar-refractivity contribution in [1.82, 2.24) is 9.55 Å². The van der Waals surface area contributed by atoms with Crippen molar-refractivity contribution in [3.63, 3.8) is 0 Å². The molecule has 0 aliphatic heterocycles. The summed E-state index contributed by atoms with van der Waals surface area (Å²) < 4.78 is 14.1. The van der Waals surface area contributed by atoms with Gasteiger partial charge in [-0.1, -0.05) is 6.07 Å². The number of nitro groups is 1. The number of hydrogen-bond donors (Lipinski definition) is 3. The molecule has 0 atom stereocenters. The van der Waals surface area contributed by atoms with Gasteiger partial charge in [0.05, 0.1) is 17.7 Å². The molecule has 1 heterocycles. The SMILES string of the molecule is NNc1cc(Cn2cc(F)c(=O)[nH]c2=O)ccc1[N+](=O)[O-]. The second-order valence-electron chi connectivity index (χ2n) is 4.12. The number of nitrogens with zero attached hydrogens (tertiary/aromatic N) is 2. The molecule has 0 radical (unpaired) electrons. The Hall–Kier alpha value is -3.01. The van der Waals surface area contributed by atoms with Crippen LogP contribution in [0, 0.1) is 15.9 Å². The Bertz CT molecular complexity index is 813. The number of aromatic nitrogens is 2. The lowest BCUT2D eigenvalue weighted by atomic mass is 10.1. The summed E-state index contributed by atoms with van der Waals surface area (Å²) in [4.78, 5) is 34.4. The number of nitrogen functional groups attached to an aromatic ring is 1. The highest BCUT2D eigenvalue weighted by Crippen LogP contribution is 2.24. The van der Waals surface area contributed by atoms with Gasteiger partial charge in [0, 0.05) is 6.07 Å². The van der Waals surface area contributed by atoms with Crippen LogP contribution >= 0.6 is 0 Å². The molecule has 0 spiro atoms. The van der Waals surface area contributed by atoms with Gasteiger partial charge in [0.2, 0.25) is 5.82 Å². The van der Waals surface area contributed by atoms with Crippen LogP contribution in [0.1, 0.15) is 5.56 Å². The van der Waals surface area contributed by atoms with Crippen LogP contribution in [0.3, 0.4) is 0 Å². The first kappa shape index (κ1) is 14.4. The number of aromatic amines is 1. The fourth-order valence-corrected chi connectivity index (χ4v) is 1.75. The summed E-state index contributed by atoms with van der Waals surface area (Å²) in [5.74, 6) is 4.09. The van der Waals surface area contributed by atoms with E-state index >= 15 is 0 Å². The van der Waals surface area contributed by atoms with Crippen molar-refractivity contribution in [2.45, 2.75) is 6.54 Å². The minimum absolute atomic E-state index is 0.0513. The Kier molecular flexibility index (Phi) is 3.80. The van der Waals surface area contributed by atoms with Gasteiger partial charge < -0.3 is 5.43 Å². The molecule has 0 saturated heterocycles. The Morgan fingerprint density at radius 2 is 2.14 bits per heavy atom. The van der Waals surface area contributed by atoms with E-state index in [1.165, 1.54) is 18.2 Å². The molecule has 0 fully saturated rings. The molecule has 1 aromatic carbocycles. The average molecular weight is 295 g/mol. The Balaban J connectivity index is 2.41. The van der Waals surface area contributed by atoms with Crippen LogP contribution in [0.5, 0.6) is 0 Å². The molecule has 0 aliphatic carbocycles. The number of H-pyrrole nitrogens is 1. The number of hydrogen-bond acceptors (Lipinski definition) is 6. The zero-order valence-corrected chi connectivity index (χ0v) is 10.5. The lowest BCUT2D eigenvalue weighted by Crippen LogP contribution is -2.31. The highest BCUT2D eigenvalue weighted by molar-refractivity contribution is 5.62. The maximum atomic E-state index is 13.2. The lowest BCUT2D eigenvalue weighted by Gasteiger charge is -2.07. The summed E-state index contributed by atoms with van der Waals surface area (Å²) in [6.07, 6.45) is 0.762. The van der Waals surface area contributed by atoms with Gasteiger partial charge >= 0.3 is 5.69 Å². The largest absolute Gasteiger partial charge is 0.328 e. The van der Waals surface area contributed by atoms with Crippen molar-refractivity contribution < 1.29 is 9.31 Å². The predicted octanol–water partition coefficient (Wildman–Crippen LogP) is -0.0822. The molecule has 0 amide bonds. The fourth-order valence-electron chi connectivity index (χ4n) is 1.75. The van der Waals surface area contributed by atoms with Gasteiger partial charge in [-0.15, -0.1) is 0 Å². The van der Waals surface area contributed by atoms with Crippen molar-refractivity contribution in [3.8, 4) is 0 Å². The average Bonchev–Trinajstić information content (AvgIpc) is 2.44.